The topological polar surface area (TPSA) is 126 Å². The molecule has 198 valence electrons. The molecule has 0 aromatic heterocycles. The molecule has 0 saturated carbocycles. The molecule has 2 atom stereocenters. The standard InChI is InChI=1S/C27H33FN4O5/c1-17(2)24-27(36)29-13-5-15-37-22-7-4-3-6-20(22)25(34)31-21(16-23(33)32-24)26(35)30-14-12-18-8-10-19(28)11-9-18/h3-4,6-11,17,21,24H,5,12-16H2,1-2H3,(H,29,36)(H,30,35)(H,31,34)(H,32,33)/t21-,24+/m0/s1. The van der Waals surface area contributed by atoms with Crippen LogP contribution in [0.1, 0.15) is 42.6 Å². The van der Waals surface area contributed by atoms with Crippen molar-refractivity contribution in [3.05, 3.63) is 65.5 Å². The van der Waals surface area contributed by atoms with Crippen LogP contribution in [0.3, 0.4) is 0 Å². The summed E-state index contributed by atoms with van der Waals surface area (Å²) in [5.41, 5.74) is 1.05. The molecule has 1 aliphatic heterocycles. The number of carbonyl (C=O) groups excluding carboxylic acids is 4. The minimum atomic E-state index is -1.20. The number of halogens is 1. The Morgan fingerprint density at radius 1 is 1.08 bits per heavy atom. The minimum absolute atomic E-state index is 0.197. The van der Waals surface area contributed by atoms with Gasteiger partial charge in [-0.15, -0.1) is 0 Å². The van der Waals surface area contributed by atoms with Crippen molar-refractivity contribution in [3.8, 4) is 5.75 Å². The molecule has 3 rings (SSSR count). The van der Waals surface area contributed by atoms with E-state index in [-0.39, 0.29) is 42.8 Å². The van der Waals surface area contributed by atoms with E-state index >= 15 is 0 Å². The average Bonchev–Trinajstić information content (AvgIpc) is 2.87. The lowest BCUT2D eigenvalue weighted by Gasteiger charge is -2.23. The summed E-state index contributed by atoms with van der Waals surface area (Å²) in [6.45, 7) is 4.43. The van der Waals surface area contributed by atoms with Crippen LogP contribution >= 0.6 is 0 Å². The molecule has 37 heavy (non-hydrogen) atoms. The Morgan fingerprint density at radius 2 is 1.81 bits per heavy atom. The first kappa shape index (κ1) is 27.6. The maximum Gasteiger partial charge on any atom is 0.255 e. The van der Waals surface area contributed by atoms with E-state index in [1.54, 1.807) is 50.2 Å². The molecule has 2 aromatic rings. The quantitative estimate of drug-likeness (QED) is 0.486. The average molecular weight is 513 g/mol. The van der Waals surface area contributed by atoms with Gasteiger partial charge >= 0.3 is 0 Å². The van der Waals surface area contributed by atoms with Gasteiger partial charge in [-0.1, -0.05) is 38.1 Å². The van der Waals surface area contributed by atoms with Crippen molar-refractivity contribution in [1.82, 2.24) is 21.3 Å². The van der Waals surface area contributed by atoms with E-state index in [2.05, 4.69) is 21.3 Å². The van der Waals surface area contributed by atoms with Crippen LogP contribution in [0.5, 0.6) is 5.75 Å². The number of amides is 4. The monoisotopic (exact) mass is 512 g/mol. The Morgan fingerprint density at radius 3 is 2.54 bits per heavy atom. The second-order valence-electron chi connectivity index (χ2n) is 9.18. The molecular formula is C27H33FN4O5. The normalized spacial score (nSPS) is 19.3. The zero-order chi connectivity index (χ0) is 26.8. The van der Waals surface area contributed by atoms with Crippen LogP contribution in [0, 0.1) is 11.7 Å². The maximum atomic E-state index is 13.1. The smallest absolute Gasteiger partial charge is 0.255 e. The Bertz CT molecular complexity index is 1110. The van der Waals surface area contributed by atoms with Crippen LogP contribution < -0.4 is 26.0 Å². The van der Waals surface area contributed by atoms with E-state index in [1.807, 2.05) is 0 Å². The van der Waals surface area contributed by atoms with Gasteiger partial charge in [0.1, 0.15) is 23.7 Å². The van der Waals surface area contributed by atoms with Gasteiger partial charge in [-0.3, -0.25) is 19.2 Å². The highest BCUT2D eigenvalue weighted by Gasteiger charge is 2.29. The number of hydrogen-bond acceptors (Lipinski definition) is 5. The summed E-state index contributed by atoms with van der Waals surface area (Å²) in [5, 5.41) is 10.9. The van der Waals surface area contributed by atoms with Crippen LogP contribution in [0.25, 0.3) is 0 Å². The van der Waals surface area contributed by atoms with Crippen LogP contribution in [0.2, 0.25) is 0 Å². The summed E-state index contributed by atoms with van der Waals surface area (Å²) in [7, 11) is 0. The lowest BCUT2D eigenvalue weighted by molar-refractivity contribution is -0.131. The molecule has 0 saturated heterocycles. The number of benzene rings is 2. The predicted octanol–water partition coefficient (Wildman–Crippen LogP) is 1.71. The Kier molecular flexibility index (Phi) is 10.00. The number of rotatable bonds is 5. The Balaban J connectivity index is 1.78. The van der Waals surface area contributed by atoms with Crippen LogP contribution in [-0.2, 0) is 20.8 Å². The fraction of sp³-hybridized carbons (Fsp3) is 0.407. The number of carbonyl (C=O) groups is 4. The van der Waals surface area contributed by atoms with Crippen molar-refractivity contribution in [3.63, 3.8) is 0 Å². The van der Waals surface area contributed by atoms with Crippen LogP contribution in [0.15, 0.2) is 48.5 Å². The van der Waals surface area contributed by atoms with E-state index in [0.29, 0.717) is 25.1 Å². The number of ether oxygens (including phenoxy) is 1. The summed E-state index contributed by atoms with van der Waals surface area (Å²) in [4.78, 5) is 51.7. The SMILES string of the molecule is CC(C)[C@H]1NC(=O)C[C@@H](C(=O)NCCc2ccc(F)cc2)NC(=O)c2ccccc2OCCCNC1=O. The number of hydrogen-bond donors (Lipinski definition) is 4. The van der Waals surface area contributed by atoms with Crippen molar-refractivity contribution < 1.29 is 28.3 Å². The summed E-state index contributed by atoms with van der Waals surface area (Å²) >= 11 is 0. The largest absolute Gasteiger partial charge is 0.493 e. The fourth-order valence-corrected chi connectivity index (χ4v) is 3.86. The maximum absolute atomic E-state index is 13.1. The third-order valence-corrected chi connectivity index (χ3v) is 5.91. The molecule has 1 heterocycles. The molecule has 0 bridgehead atoms. The van der Waals surface area contributed by atoms with Gasteiger partial charge in [0.15, 0.2) is 0 Å². The Labute approximate surface area is 215 Å². The van der Waals surface area contributed by atoms with Gasteiger partial charge in [-0.25, -0.2) is 4.39 Å². The predicted molar refractivity (Wildman–Crippen MR) is 135 cm³/mol. The van der Waals surface area contributed by atoms with Crippen molar-refractivity contribution in [2.24, 2.45) is 5.92 Å². The van der Waals surface area contributed by atoms with E-state index in [4.69, 9.17) is 4.74 Å². The first-order chi connectivity index (χ1) is 17.7. The summed E-state index contributed by atoms with van der Waals surface area (Å²) in [6.07, 6.45) is 0.568. The molecule has 2 aromatic carbocycles. The van der Waals surface area contributed by atoms with Crippen LogP contribution in [0.4, 0.5) is 4.39 Å². The number of para-hydroxylation sites is 1. The molecule has 1 aliphatic rings. The van der Waals surface area contributed by atoms with Gasteiger partial charge in [0.25, 0.3) is 5.91 Å². The third-order valence-electron chi connectivity index (χ3n) is 5.91. The van der Waals surface area contributed by atoms with Crippen molar-refractivity contribution >= 4 is 23.6 Å². The van der Waals surface area contributed by atoms with E-state index in [1.165, 1.54) is 12.1 Å². The summed E-state index contributed by atoms with van der Waals surface area (Å²) in [6, 6.07) is 10.5. The molecule has 0 fully saturated rings. The molecule has 4 amide bonds. The molecule has 9 nitrogen and oxygen atoms in total. The van der Waals surface area contributed by atoms with Crippen molar-refractivity contribution in [1.29, 1.82) is 0 Å². The fourth-order valence-electron chi connectivity index (χ4n) is 3.86. The lowest BCUT2D eigenvalue weighted by atomic mass is 10.0. The first-order valence-electron chi connectivity index (χ1n) is 12.4. The van der Waals surface area contributed by atoms with Gasteiger partial charge in [0.2, 0.25) is 17.7 Å². The lowest BCUT2D eigenvalue weighted by Crippen LogP contribution is -2.53. The van der Waals surface area contributed by atoms with Crippen molar-refractivity contribution in [2.45, 2.75) is 45.2 Å². The molecular weight excluding hydrogens is 479 g/mol. The molecule has 4 N–H and O–H groups in total. The van der Waals surface area contributed by atoms with Crippen LogP contribution in [-0.4, -0.2) is 55.4 Å². The molecule has 0 spiro atoms. The van der Waals surface area contributed by atoms with E-state index in [9.17, 15) is 23.6 Å². The highest BCUT2D eigenvalue weighted by atomic mass is 19.1. The van der Waals surface area contributed by atoms with Gasteiger partial charge in [0, 0.05) is 13.1 Å². The van der Waals surface area contributed by atoms with Gasteiger partial charge in [-0.2, -0.15) is 0 Å². The van der Waals surface area contributed by atoms with Gasteiger partial charge < -0.3 is 26.0 Å². The molecule has 0 unspecified atom stereocenters. The zero-order valence-electron chi connectivity index (χ0n) is 21.0. The highest BCUT2D eigenvalue weighted by Crippen LogP contribution is 2.18. The summed E-state index contributed by atoms with van der Waals surface area (Å²) in [5.74, 6) is -2.21. The number of fused-ring (bicyclic) bond motifs is 1. The van der Waals surface area contributed by atoms with E-state index in [0.717, 1.165) is 5.56 Å². The summed E-state index contributed by atoms with van der Waals surface area (Å²) < 4.78 is 18.9. The second-order valence-corrected chi connectivity index (χ2v) is 9.18. The molecule has 0 aliphatic carbocycles. The second kappa shape index (κ2) is 13.4. The zero-order valence-corrected chi connectivity index (χ0v) is 21.0. The van der Waals surface area contributed by atoms with Gasteiger partial charge in [0.05, 0.1) is 18.6 Å². The van der Waals surface area contributed by atoms with E-state index < -0.39 is 29.8 Å². The highest BCUT2D eigenvalue weighted by molar-refractivity contribution is 6.01. The number of nitrogens with one attached hydrogen (secondary N) is 4. The first-order valence-corrected chi connectivity index (χ1v) is 12.4. The van der Waals surface area contributed by atoms with Crippen molar-refractivity contribution in [2.75, 3.05) is 19.7 Å². The minimum Gasteiger partial charge on any atom is -0.493 e. The van der Waals surface area contributed by atoms with Gasteiger partial charge in [-0.05, 0) is 48.6 Å². The molecule has 10 heteroatoms. The third kappa shape index (κ3) is 8.30. The molecule has 0 radical (unpaired) electrons. The Hall–Kier alpha value is -3.95.